The van der Waals surface area contributed by atoms with Crippen LogP contribution in [-0.2, 0) is 14.3 Å². The minimum atomic E-state index is -0.387. The third-order valence-electron chi connectivity index (χ3n) is 7.98. The summed E-state index contributed by atoms with van der Waals surface area (Å²) in [4.78, 5) is 11.8. The molecule has 0 aromatic rings. The van der Waals surface area contributed by atoms with Gasteiger partial charge in [0.15, 0.2) is 0 Å². The first-order valence-electron chi connectivity index (χ1n) is 10.1. The number of hydrogen-bond donors (Lipinski definition) is 1. The largest absolute Gasteiger partial charge is 0.461 e. The molecule has 3 unspecified atom stereocenters. The monoisotopic (exact) mass is 426 g/mol. The van der Waals surface area contributed by atoms with E-state index in [1.165, 1.54) is 12.5 Å². The van der Waals surface area contributed by atoms with Crippen molar-refractivity contribution in [1.29, 1.82) is 0 Å². The minimum Gasteiger partial charge on any atom is -0.461 e. The molecule has 0 saturated heterocycles. The highest BCUT2D eigenvalue weighted by Crippen LogP contribution is 2.62. The average molecular weight is 427 g/mol. The maximum atomic E-state index is 11.6. The molecule has 3 saturated carbocycles. The first-order chi connectivity index (χ1) is 12.3. The average Bonchev–Trinajstić information content (AvgIpc) is 2.90. The van der Waals surface area contributed by atoms with Crippen molar-refractivity contribution in [3.8, 4) is 0 Å². The summed E-state index contributed by atoms with van der Waals surface area (Å²) in [6, 6.07) is 0. The zero-order valence-electron chi connectivity index (χ0n) is 16.0. The summed E-state index contributed by atoms with van der Waals surface area (Å²) in [6.07, 6.45) is 8.41. The SMILES string of the molecule is CO[C@H]1CC[C@@]2(C)C(=C[C@H](O)C3C4C[C@@H](Br)[C@H](OC(C)=O)[C@H]4CCC32)C1. The lowest BCUT2D eigenvalue weighted by atomic mass is 9.50. The van der Waals surface area contributed by atoms with Crippen LogP contribution in [0.4, 0.5) is 0 Å². The Labute approximate surface area is 164 Å². The molecule has 9 atom stereocenters. The topological polar surface area (TPSA) is 55.8 Å². The Morgan fingerprint density at radius 1 is 1.31 bits per heavy atom. The van der Waals surface area contributed by atoms with E-state index in [0.717, 1.165) is 38.5 Å². The summed E-state index contributed by atoms with van der Waals surface area (Å²) in [5.41, 5.74) is 1.60. The van der Waals surface area contributed by atoms with Crippen molar-refractivity contribution in [2.45, 2.75) is 75.5 Å². The van der Waals surface area contributed by atoms with Crippen LogP contribution in [0.5, 0.6) is 0 Å². The fourth-order valence-corrected chi connectivity index (χ4v) is 7.69. The van der Waals surface area contributed by atoms with Crippen LogP contribution in [0.1, 0.15) is 52.4 Å². The number of rotatable bonds is 2. The Morgan fingerprint density at radius 2 is 2.08 bits per heavy atom. The minimum absolute atomic E-state index is 0.0481. The van der Waals surface area contributed by atoms with Gasteiger partial charge < -0.3 is 14.6 Å². The molecule has 146 valence electrons. The molecule has 3 fully saturated rings. The molecule has 0 aromatic heterocycles. The molecule has 4 aliphatic carbocycles. The first-order valence-corrected chi connectivity index (χ1v) is 11.0. The lowest BCUT2D eigenvalue weighted by molar-refractivity contribution is -0.150. The number of carbonyl (C=O) groups excluding carboxylic acids is 1. The van der Waals surface area contributed by atoms with E-state index in [0.29, 0.717) is 23.9 Å². The third kappa shape index (κ3) is 2.89. The summed E-state index contributed by atoms with van der Waals surface area (Å²) < 4.78 is 11.3. The van der Waals surface area contributed by atoms with E-state index in [2.05, 4.69) is 28.9 Å². The quantitative estimate of drug-likeness (QED) is 0.413. The molecule has 0 amide bonds. The van der Waals surface area contributed by atoms with Crippen LogP contribution in [-0.4, -0.2) is 41.3 Å². The van der Waals surface area contributed by atoms with Crippen molar-refractivity contribution < 1.29 is 19.4 Å². The van der Waals surface area contributed by atoms with Gasteiger partial charge in [0.1, 0.15) is 6.10 Å². The van der Waals surface area contributed by atoms with Gasteiger partial charge in [0.2, 0.25) is 0 Å². The Balaban J connectivity index is 1.62. The van der Waals surface area contributed by atoms with Gasteiger partial charge >= 0.3 is 5.97 Å². The predicted octanol–water partition coefficient (Wildman–Crippen LogP) is 3.85. The Bertz CT molecular complexity index is 605. The fraction of sp³-hybridized carbons (Fsp3) is 0.857. The van der Waals surface area contributed by atoms with Crippen molar-refractivity contribution in [2.75, 3.05) is 7.11 Å². The summed E-state index contributed by atoms with van der Waals surface area (Å²) in [6.45, 7) is 3.91. The summed E-state index contributed by atoms with van der Waals surface area (Å²) >= 11 is 3.77. The number of methoxy groups -OCH3 is 1. The van der Waals surface area contributed by atoms with Gasteiger partial charge in [-0.2, -0.15) is 0 Å². The molecule has 4 rings (SSSR count). The van der Waals surface area contributed by atoms with Crippen LogP contribution < -0.4 is 0 Å². The van der Waals surface area contributed by atoms with Crippen LogP contribution in [0.2, 0.25) is 0 Å². The third-order valence-corrected chi connectivity index (χ3v) is 8.88. The summed E-state index contributed by atoms with van der Waals surface area (Å²) in [5.74, 6) is 1.40. The molecule has 4 aliphatic rings. The van der Waals surface area contributed by atoms with Gasteiger partial charge in [-0.1, -0.05) is 34.5 Å². The number of aliphatic hydroxyl groups excluding tert-OH is 1. The van der Waals surface area contributed by atoms with E-state index in [9.17, 15) is 9.90 Å². The van der Waals surface area contributed by atoms with Crippen molar-refractivity contribution in [3.63, 3.8) is 0 Å². The van der Waals surface area contributed by atoms with Crippen molar-refractivity contribution in [3.05, 3.63) is 11.6 Å². The second-order valence-electron chi connectivity index (χ2n) is 9.12. The lowest BCUT2D eigenvalue weighted by Crippen LogP contribution is -2.52. The van der Waals surface area contributed by atoms with E-state index < -0.39 is 0 Å². The van der Waals surface area contributed by atoms with Crippen LogP contribution in [0.25, 0.3) is 0 Å². The Hall–Kier alpha value is -0.390. The molecule has 0 heterocycles. The normalized spacial score (nSPS) is 50.3. The number of fused-ring (bicyclic) bond motifs is 5. The number of hydrogen-bond acceptors (Lipinski definition) is 4. The van der Waals surface area contributed by atoms with Gasteiger partial charge in [-0.3, -0.25) is 4.79 Å². The van der Waals surface area contributed by atoms with E-state index in [1.54, 1.807) is 7.11 Å². The van der Waals surface area contributed by atoms with E-state index in [1.807, 2.05) is 0 Å². The smallest absolute Gasteiger partial charge is 0.302 e. The zero-order valence-corrected chi connectivity index (χ0v) is 17.6. The van der Waals surface area contributed by atoms with E-state index in [-0.39, 0.29) is 34.3 Å². The Kier molecular flexibility index (Phi) is 5.02. The molecule has 0 aromatic carbocycles. The predicted molar refractivity (Wildman–Crippen MR) is 103 cm³/mol. The molecule has 0 bridgehead atoms. The summed E-state index contributed by atoms with van der Waals surface area (Å²) in [5, 5.41) is 11.1. The maximum absolute atomic E-state index is 11.6. The van der Waals surface area contributed by atoms with Crippen molar-refractivity contribution in [1.82, 2.24) is 0 Å². The molecule has 0 aliphatic heterocycles. The highest BCUT2D eigenvalue weighted by molar-refractivity contribution is 9.09. The number of aliphatic hydroxyl groups is 1. The first kappa shape index (κ1) is 18.9. The number of halogens is 1. The van der Waals surface area contributed by atoms with Gasteiger partial charge in [0.05, 0.1) is 17.0 Å². The molecule has 0 spiro atoms. The van der Waals surface area contributed by atoms with E-state index in [4.69, 9.17) is 9.47 Å². The maximum Gasteiger partial charge on any atom is 0.302 e. The van der Waals surface area contributed by atoms with Gasteiger partial charge in [-0.05, 0) is 61.7 Å². The zero-order chi connectivity index (χ0) is 18.6. The van der Waals surface area contributed by atoms with Gasteiger partial charge in [0, 0.05) is 20.0 Å². The molecule has 5 heteroatoms. The van der Waals surface area contributed by atoms with Crippen LogP contribution in [0, 0.1) is 29.1 Å². The fourth-order valence-electron chi connectivity index (χ4n) is 6.75. The summed E-state index contributed by atoms with van der Waals surface area (Å²) in [7, 11) is 1.80. The standard InChI is InChI=1S/C21H31BrO4/c1-11(23)26-20-14-4-5-16-19(15(14)10-17(20)22)18(24)9-12-8-13(25-3)6-7-21(12,16)2/h9,13-20,24H,4-8,10H2,1-3H3/t13-,14-,15?,16?,17+,18-,19?,20+,21-/m0/s1. The van der Waals surface area contributed by atoms with Gasteiger partial charge in [0.25, 0.3) is 0 Å². The molecule has 26 heavy (non-hydrogen) atoms. The second kappa shape index (κ2) is 6.89. The van der Waals surface area contributed by atoms with E-state index >= 15 is 0 Å². The van der Waals surface area contributed by atoms with Crippen molar-refractivity contribution in [2.24, 2.45) is 29.1 Å². The van der Waals surface area contributed by atoms with Crippen molar-refractivity contribution >= 4 is 21.9 Å². The Morgan fingerprint density at radius 3 is 2.77 bits per heavy atom. The van der Waals surface area contributed by atoms with Gasteiger partial charge in [-0.15, -0.1) is 0 Å². The van der Waals surface area contributed by atoms with Crippen LogP contribution >= 0.6 is 15.9 Å². The number of carbonyl (C=O) groups is 1. The van der Waals surface area contributed by atoms with Crippen LogP contribution in [0.3, 0.4) is 0 Å². The molecule has 0 radical (unpaired) electrons. The molecule has 1 N–H and O–H groups in total. The highest BCUT2D eigenvalue weighted by atomic mass is 79.9. The lowest BCUT2D eigenvalue weighted by Gasteiger charge is -2.56. The number of ether oxygens (including phenoxy) is 2. The second-order valence-corrected chi connectivity index (χ2v) is 10.3. The molecular formula is C21H31BrO4. The van der Waals surface area contributed by atoms with Gasteiger partial charge in [-0.25, -0.2) is 0 Å². The highest BCUT2D eigenvalue weighted by Gasteiger charge is 2.58. The van der Waals surface area contributed by atoms with Crippen LogP contribution in [0.15, 0.2) is 11.6 Å². The number of esters is 1. The number of alkyl halides is 1. The molecular weight excluding hydrogens is 396 g/mol. The molecule has 4 nitrogen and oxygen atoms in total.